The number of ether oxygens (including phenoxy) is 2. The first-order valence-corrected chi connectivity index (χ1v) is 11.2. The Morgan fingerprint density at radius 1 is 0.935 bits per heavy atom. The Labute approximate surface area is 186 Å². The molecule has 2 unspecified atom stereocenters. The molecule has 0 aliphatic heterocycles. The van der Waals surface area contributed by atoms with Crippen molar-refractivity contribution in [2.24, 2.45) is 0 Å². The number of methoxy groups -OCH3 is 2. The van der Waals surface area contributed by atoms with Gasteiger partial charge in [0.1, 0.15) is 17.8 Å². The van der Waals surface area contributed by atoms with Crippen LogP contribution in [-0.4, -0.2) is 56.1 Å². The largest absolute Gasteiger partial charge is 0.497 e. The molecule has 2 N–H and O–H groups in total. The molecule has 0 fully saturated rings. The molecular weight excluding hydrogens is 416 g/mol. The molecule has 2 rings (SSSR count). The highest BCUT2D eigenvalue weighted by molar-refractivity contribution is 7.98. The Balaban J connectivity index is 2.18. The van der Waals surface area contributed by atoms with E-state index < -0.39 is 29.9 Å². The molecule has 166 valence electrons. The van der Waals surface area contributed by atoms with Crippen LogP contribution in [-0.2, 0) is 20.7 Å². The summed E-state index contributed by atoms with van der Waals surface area (Å²) >= 11 is 1.57. The third-order valence-corrected chi connectivity index (χ3v) is 5.31. The molecule has 2 atom stereocenters. The van der Waals surface area contributed by atoms with Crippen molar-refractivity contribution in [1.82, 2.24) is 10.6 Å². The zero-order valence-electron chi connectivity index (χ0n) is 17.9. The molecule has 0 aliphatic rings. The molecule has 2 aromatic carbocycles. The Kier molecular flexibility index (Phi) is 9.90. The summed E-state index contributed by atoms with van der Waals surface area (Å²) in [6.07, 6.45) is 2.64. The van der Waals surface area contributed by atoms with Crippen LogP contribution in [0.15, 0.2) is 54.6 Å². The standard InChI is InChI=1S/C23H28N2O5S/c1-29-18-11-9-17(10-12-18)21(26)25-20(15-16-7-5-4-6-8-16)22(27)24-19(13-14-31-3)23(28)30-2/h4-12,19-20H,13-15H2,1-3H3,(H,24,27)(H,25,26). The van der Waals surface area contributed by atoms with E-state index in [1.54, 1.807) is 43.1 Å². The fourth-order valence-electron chi connectivity index (χ4n) is 2.94. The second kappa shape index (κ2) is 12.6. The maximum Gasteiger partial charge on any atom is 0.328 e. The fourth-order valence-corrected chi connectivity index (χ4v) is 3.41. The molecular formula is C23H28N2O5S. The van der Waals surface area contributed by atoms with Crippen LogP contribution in [0.5, 0.6) is 5.75 Å². The number of carbonyl (C=O) groups is 3. The highest BCUT2D eigenvalue weighted by atomic mass is 32.2. The molecule has 2 aromatic rings. The van der Waals surface area contributed by atoms with E-state index in [1.807, 2.05) is 36.6 Å². The quantitative estimate of drug-likeness (QED) is 0.517. The molecule has 0 saturated carbocycles. The number of nitrogens with one attached hydrogen (secondary N) is 2. The Bertz CT molecular complexity index is 858. The SMILES string of the molecule is COC(=O)C(CCSC)NC(=O)C(Cc1ccccc1)NC(=O)c1ccc(OC)cc1. The molecule has 2 amide bonds. The van der Waals surface area contributed by atoms with Gasteiger partial charge in [0.15, 0.2) is 0 Å². The van der Waals surface area contributed by atoms with Gasteiger partial charge in [-0.25, -0.2) is 4.79 Å². The van der Waals surface area contributed by atoms with Gasteiger partial charge >= 0.3 is 5.97 Å². The first-order valence-electron chi connectivity index (χ1n) is 9.84. The summed E-state index contributed by atoms with van der Waals surface area (Å²) in [7, 11) is 2.83. The minimum atomic E-state index is -0.863. The summed E-state index contributed by atoms with van der Waals surface area (Å²) in [6, 6.07) is 14.3. The van der Waals surface area contributed by atoms with E-state index in [9.17, 15) is 14.4 Å². The Morgan fingerprint density at radius 3 is 2.19 bits per heavy atom. The van der Waals surface area contributed by atoms with Crippen molar-refractivity contribution in [2.75, 3.05) is 26.2 Å². The predicted molar refractivity (Wildman–Crippen MR) is 121 cm³/mol. The number of hydrogen-bond donors (Lipinski definition) is 2. The minimum absolute atomic E-state index is 0.283. The van der Waals surface area contributed by atoms with Gasteiger partial charge in [0.05, 0.1) is 14.2 Å². The number of benzene rings is 2. The second-order valence-electron chi connectivity index (χ2n) is 6.81. The third-order valence-electron chi connectivity index (χ3n) is 4.67. The lowest BCUT2D eigenvalue weighted by molar-refractivity contribution is -0.145. The first-order chi connectivity index (χ1) is 15.0. The van der Waals surface area contributed by atoms with Gasteiger partial charge in [-0.3, -0.25) is 9.59 Å². The Hall–Kier alpha value is -3.00. The number of esters is 1. The van der Waals surface area contributed by atoms with Crippen LogP contribution in [0.4, 0.5) is 0 Å². The van der Waals surface area contributed by atoms with Gasteiger partial charge in [0.25, 0.3) is 5.91 Å². The molecule has 0 saturated heterocycles. The van der Waals surface area contributed by atoms with Crippen LogP contribution in [0.1, 0.15) is 22.3 Å². The van der Waals surface area contributed by atoms with Gasteiger partial charge in [-0.1, -0.05) is 30.3 Å². The molecule has 31 heavy (non-hydrogen) atoms. The van der Waals surface area contributed by atoms with Gasteiger partial charge in [-0.05, 0) is 48.3 Å². The molecule has 0 aliphatic carbocycles. The molecule has 0 radical (unpaired) electrons. The number of hydrogen-bond acceptors (Lipinski definition) is 6. The van der Waals surface area contributed by atoms with Crippen molar-refractivity contribution in [3.8, 4) is 5.75 Å². The van der Waals surface area contributed by atoms with E-state index in [0.29, 0.717) is 23.5 Å². The normalized spacial score (nSPS) is 12.4. The molecule has 8 heteroatoms. The fraction of sp³-hybridized carbons (Fsp3) is 0.348. The Morgan fingerprint density at radius 2 is 1.61 bits per heavy atom. The summed E-state index contributed by atoms with van der Waals surface area (Å²) in [5.74, 6) is -0.0337. The molecule has 0 bridgehead atoms. The van der Waals surface area contributed by atoms with E-state index in [1.165, 1.54) is 7.11 Å². The lowest BCUT2D eigenvalue weighted by atomic mass is 10.0. The minimum Gasteiger partial charge on any atom is -0.497 e. The summed E-state index contributed by atoms with van der Waals surface area (Å²) < 4.78 is 9.93. The highest BCUT2D eigenvalue weighted by Crippen LogP contribution is 2.12. The maximum absolute atomic E-state index is 13.0. The van der Waals surface area contributed by atoms with Gasteiger partial charge in [-0.2, -0.15) is 11.8 Å². The van der Waals surface area contributed by atoms with Crippen LogP contribution in [0.3, 0.4) is 0 Å². The smallest absolute Gasteiger partial charge is 0.328 e. The van der Waals surface area contributed by atoms with E-state index in [0.717, 1.165) is 5.56 Å². The van der Waals surface area contributed by atoms with Crippen molar-refractivity contribution < 1.29 is 23.9 Å². The van der Waals surface area contributed by atoms with Gasteiger partial charge < -0.3 is 20.1 Å². The monoisotopic (exact) mass is 444 g/mol. The second-order valence-corrected chi connectivity index (χ2v) is 7.80. The molecule has 0 aromatic heterocycles. The zero-order chi connectivity index (χ0) is 22.6. The van der Waals surface area contributed by atoms with Crippen LogP contribution in [0.2, 0.25) is 0 Å². The first kappa shape index (κ1) is 24.3. The maximum atomic E-state index is 13.0. The summed E-state index contributed by atoms with van der Waals surface area (Å²) in [5, 5.41) is 5.52. The van der Waals surface area contributed by atoms with Crippen molar-refractivity contribution in [3.63, 3.8) is 0 Å². The molecule has 7 nitrogen and oxygen atoms in total. The number of amides is 2. The molecule has 0 spiro atoms. The summed E-state index contributed by atoms with van der Waals surface area (Å²) in [6.45, 7) is 0. The van der Waals surface area contributed by atoms with Crippen molar-refractivity contribution in [3.05, 3.63) is 65.7 Å². The lowest BCUT2D eigenvalue weighted by Crippen LogP contribution is -2.52. The van der Waals surface area contributed by atoms with Gasteiger partial charge in [0, 0.05) is 12.0 Å². The lowest BCUT2D eigenvalue weighted by Gasteiger charge is -2.22. The van der Waals surface area contributed by atoms with Crippen molar-refractivity contribution >= 4 is 29.5 Å². The topological polar surface area (TPSA) is 93.7 Å². The number of thioether (sulfide) groups is 1. The van der Waals surface area contributed by atoms with Crippen LogP contribution in [0.25, 0.3) is 0 Å². The number of rotatable bonds is 11. The van der Waals surface area contributed by atoms with Crippen LogP contribution in [0, 0.1) is 0 Å². The summed E-state index contributed by atoms with van der Waals surface area (Å²) in [5.41, 5.74) is 1.29. The van der Waals surface area contributed by atoms with Gasteiger partial charge in [0.2, 0.25) is 5.91 Å². The van der Waals surface area contributed by atoms with E-state index >= 15 is 0 Å². The number of carbonyl (C=O) groups excluding carboxylic acids is 3. The average molecular weight is 445 g/mol. The van der Waals surface area contributed by atoms with Crippen molar-refractivity contribution in [2.45, 2.75) is 24.9 Å². The van der Waals surface area contributed by atoms with Crippen LogP contribution >= 0.6 is 11.8 Å². The zero-order valence-corrected chi connectivity index (χ0v) is 18.7. The summed E-state index contributed by atoms with van der Waals surface area (Å²) in [4.78, 5) is 37.9. The van der Waals surface area contributed by atoms with Crippen molar-refractivity contribution in [1.29, 1.82) is 0 Å². The average Bonchev–Trinajstić information content (AvgIpc) is 2.81. The van der Waals surface area contributed by atoms with E-state index in [4.69, 9.17) is 9.47 Å². The van der Waals surface area contributed by atoms with E-state index in [2.05, 4.69) is 10.6 Å². The van der Waals surface area contributed by atoms with Crippen LogP contribution < -0.4 is 15.4 Å². The highest BCUT2D eigenvalue weighted by Gasteiger charge is 2.27. The predicted octanol–water partition coefficient (Wildman–Crippen LogP) is 2.45. The third kappa shape index (κ3) is 7.64. The van der Waals surface area contributed by atoms with E-state index in [-0.39, 0.29) is 6.42 Å². The van der Waals surface area contributed by atoms with Gasteiger partial charge in [-0.15, -0.1) is 0 Å². The molecule has 0 heterocycles.